The summed E-state index contributed by atoms with van der Waals surface area (Å²) in [5, 5.41) is 3.99. The second-order valence-corrected chi connectivity index (χ2v) is 4.41. The normalized spacial score (nSPS) is 9.94. The van der Waals surface area contributed by atoms with E-state index >= 15 is 0 Å². The molecule has 2 heterocycles. The van der Waals surface area contributed by atoms with Gasteiger partial charge in [-0.1, -0.05) is 23.6 Å². The monoisotopic (exact) mass is 247 g/mol. The molecule has 0 bridgehead atoms. The van der Waals surface area contributed by atoms with Crippen LogP contribution in [0.1, 0.15) is 12.5 Å². The van der Waals surface area contributed by atoms with Gasteiger partial charge in [-0.25, -0.2) is 4.52 Å². The van der Waals surface area contributed by atoms with Crippen LogP contribution in [-0.4, -0.2) is 25.5 Å². The number of thioether (sulfide) groups is 1. The van der Waals surface area contributed by atoms with E-state index in [0.29, 0.717) is 16.8 Å². The number of H-pyrrole nitrogens is 1. The number of hydrogen-bond donors (Lipinski definition) is 1. The van der Waals surface area contributed by atoms with Crippen LogP contribution in [-0.2, 0) is 4.79 Å². The topological polar surface area (TPSA) is 67.2 Å². The lowest BCUT2D eigenvalue weighted by atomic mass is 10.3. The predicted molar refractivity (Wildman–Crippen MR) is 65.8 cm³/mol. The lowest BCUT2D eigenvalue weighted by molar-refractivity contribution is -0.109. The summed E-state index contributed by atoms with van der Waals surface area (Å²) in [5.74, 6) is 6.18. The van der Waals surface area contributed by atoms with Gasteiger partial charge in [0, 0.05) is 18.7 Å². The number of aromatic nitrogens is 3. The molecule has 0 aliphatic carbocycles. The summed E-state index contributed by atoms with van der Waals surface area (Å²) < 4.78 is 1.47. The maximum Gasteiger partial charge on any atom is 0.275 e. The smallest absolute Gasteiger partial charge is 0.275 e. The van der Waals surface area contributed by atoms with E-state index < -0.39 is 0 Å². The average Bonchev–Trinajstić information content (AvgIpc) is 2.69. The van der Waals surface area contributed by atoms with Gasteiger partial charge in [0.2, 0.25) is 0 Å². The molecule has 5 nitrogen and oxygen atoms in total. The maximum atomic E-state index is 11.4. The highest BCUT2D eigenvalue weighted by atomic mass is 32.2. The lowest BCUT2D eigenvalue weighted by Crippen LogP contribution is -2.09. The number of fused-ring (bicyclic) bond motifs is 1. The van der Waals surface area contributed by atoms with Crippen LogP contribution in [0.25, 0.3) is 5.52 Å². The van der Waals surface area contributed by atoms with Crippen LogP contribution in [0, 0.1) is 11.8 Å². The fraction of sp³-hybridized carbons (Fsp3) is 0.182. The third kappa shape index (κ3) is 2.77. The highest BCUT2D eigenvalue weighted by Gasteiger charge is 2.00. The van der Waals surface area contributed by atoms with Crippen LogP contribution in [0.5, 0.6) is 0 Å². The summed E-state index contributed by atoms with van der Waals surface area (Å²) in [4.78, 5) is 24.6. The van der Waals surface area contributed by atoms with Crippen LogP contribution < -0.4 is 5.56 Å². The van der Waals surface area contributed by atoms with Gasteiger partial charge in [-0.3, -0.25) is 9.59 Å². The second kappa shape index (κ2) is 4.89. The quantitative estimate of drug-likeness (QED) is 0.751. The SMILES string of the molecule is CC(=O)SCC#Cc1cc2c(=O)[nH]cnn2c1. The van der Waals surface area contributed by atoms with Gasteiger partial charge >= 0.3 is 0 Å². The van der Waals surface area contributed by atoms with E-state index in [1.54, 1.807) is 12.3 Å². The number of nitrogens with zero attached hydrogens (tertiary/aromatic N) is 2. The molecule has 0 radical (unpaired) electrons. The number of aromatic amines is 1. The zero-order chi connectivity index (χ0) is 12.3. The minimum Gasteiger partial charge on any atom is -0.310 e. The van der Waals surface area contributed by atoms with Gasteiger partial charge in [-0.2, -0.15) is 5.10 Å². The first-order chi connectivity index (χ1) is 8.16. The summed E-state index contributed by atoms with van der Waals surface area (Å²) in [6, 6.07) is 1.66. The maximum absolute atomic E-state index is 11.4. The molecule has 0 amide bonds. The largest absolute Gasteiger partial charge is 0.310 e. The summed E-state index contributed by atoms with van der Waals surface area (Å²) in [6.45, 7) is 1.50. The van der Waals surface area contributed by atoms with Crippen molar-refractivity contribution >= 4 is 22.4 Å². The highest BCUT2D eigenvalue weighted by Crippen LogP contribution is 2.03. The van der Waals surface area contributed by atoms with Crippen molar-refractivity contribution in [1.82, 2.24) is 14.6 Å². The zero-order valence-corrected chi connectivity index (χ0v) is 9.87. The summed E-state index contributed by atoms with van der Waals surface area (Å²) in [6.07, 6.45) is 3.01. The molecule has 2 aromatic heterocycles. The molecule has 0 saturated heterocycles. The van der Waals surface area contributed by atoms with Crippen LogP contribution in [0.15, 0.2) is 23.4 Å². The summed E-state index contributed by atoms with van der Waals surface area (Å²) in [7, 11) is 0. The number of nitrogens with one attached hydrogen (secondary N) is 1. The van der Waals surface area contributed by atoms with Crippen LogP contribution in [0.2, 0.25) is 0 Å². The molecule has 0 fully saturated rings. The third-order valence-electron chi connectivity index (χ3n) is 1.99. The van der Waals surface area contributed by atoms with E-state index in [2.05, 4.69) is 21.9 Å². The molecule has 0 aromatic carbocycles. The van der Waals surface area contributed by atoms with Gasteiger partial charge < -0.3 is 4.98 Å². The highest BCUT2D eigenvalue weighted by molar-refractivity contribution is 8.13. The van der Waals surface area contributed by atoms with Crippen molar-refractivity contribution in [2.24, 2.45) is 0 Å². The van der Waals surface area contributed by atoms with Crippen molar-refractivity contribution in [1.29, 1.82) is 0 Å². The van der Waals surface area contributed by atoms with Crippen molar-refractivity contribution < 1.29 is 4.79 Å². The number of rotatable bonds is 1. The van der Waals surface area contributed by atoms with Gasteiger partial charge in [-0.05, 0) is 6.07 Å². The molecule has 0 saturated carbocycles. The molecule has 0 unspecified atom stereocenters. The van der Waals surface area contributed by atoms with Crippen molar-refractivity contribution in [3.63, 3.8) is 0 Å². The Bertz CT molecular complexity index is 675. The molecular weight excluding hydrogens is 238 g/mol. The Balaban J connectivity index is 2.23. The van der Waals surface area contributed by atoms with E-state index in [0.717, 1.165) is 11.8 Å². The number of hydrogen-bond acceptors (Lipinski definition) is 4. The van der Waals surface area contributed by atoms with Gasteiger partial charge in [0.1, 0.15) is 11.8 Å². The molecular formula is C11H9N3O2S. The lowest BCUT2D eigenvalue weighted by Gasteiger charge is -1.87. The predicted octanol–water partition coefficient (Wildman–Crippen LogP) is 0.654. The van der Waals surface area contributed by atoms with Crippen molar-refractivity contribution in [3.05, 3.63) is 34.5 Å². The Labute approximate surface area is 101 Å². The second-order valence-electron chi connectivity index (χ2n) is 3.26. The van der Waals surface area contributed by atoms with Gasteiger partial charge in [0.15, 0.2) is 5.12 Å². The first kappa shape index (κ1) is 11.5. The average molecular weight is 247 g/mol. The molecule has 86 valence electrons. The van der Waals surface area contributed by atoms with E-state index in [-0.39, 0.29) is 10.7 Å². The van der Waals surface area contributed by atoms with Gasteiger partial charge in [0.25, 0.3) is 5.56 Å². The Morgan fingerprint density at radius 3 is 3.18 bits per heavy atom. The molecule has 2 rings (SSSR count). The Morgan fingerprint density at radius 1 is 1.65 bits per heavy atom. The van der Waals surface area contributed by atoms with E-state index in [1.807, 2.05) is 0 Å². The fourth-order valence-electron chi connectivity index (χ4n) is 1.28. The van der Waals surface area contributed by atoms with E-state index in [4.69, 9.17) is 0 Å². The first-order valence-electron chi connectivity index (χ1n) is 4.85. The van der Waals surface area contributed by atoms with Crippen molar-refractivity contribution in [2.45, 2.75) is 6.92 Å². The van der Waals surface area contributed by atoms with E-state index in [1.165, 1.54) is 17.8 Å². The molecule has 0 aliphatic rings. The van der Waals surface area contributed by atoms with Crippen molar-refractivity contribution in [2.75, 3.05) is 5.75 Å². The Kier molecular flexibility index (Phi) is 3.30. The number of carbonyl (C=O) groups is 1. The first-order valence-corrected chi connectivity index (χ1v) is 5.83. The van der Waals surface area contributed by atoms with E-state index in [9.17, 15) is 9.59 Å². The summed E-state index contributed by atoms with van der Waals surface area (Å²) in [5.41, 5.74) is 0.959. The van der Waals surface area contributed by atoms with Crippen LogP contribution >= 0.6 is 11.8 Å². The molecule has 0 spiro atoms. The minimum atomic E-state index is -0.203. The van der Waals surface area contributed by atoms with Crippen LogP contribution in [0.4, 0.5) is 0 Å². The van der Waals surface area contributed by atoms with Gasteiger partial charge in [-0.15, -0.1) is 0 Å². The molecule has 0 aliphatic heterocycles. The Morgan fingerprint density at radius 2 is 2.47 bits per heavy atom. The standard InChI is InChI=1S/C11H9N3O2S/c1-8(15)17-4-2-3-9-5-10-11(16)12-7-13-14(10)6-9/h5-7H,4H2,1H3,(H,12,13,16). The zero-order valence-electron chi connectivity index (χ0n) is 9.06. The third-order valence-corrected chi connectivity index (χ3v) is 2.69. The van der Waals surface area contributed by atoms with Crippen LogP contribution in [0.3, 0.4) is 0 Å². The summed E-state index contributed by atoms with van der Waals surface area (Å²) >= 11 is 1.16. The molecule has 17 heavy (non-hydrogen) atoms. The fourth-order valence-corrected chi connectivity index (χ4v) is 1.63. The van der Waals surface area contributed by atoms with Gasteiger partial charge in [0.05, 0.1) is 5.75 Å². The molecule has 6 heteroatoms. The molecule has 0 atom stereocenters. The number of carbonyl (C=O) groups excluding carboxylic acids is 1. The molecule has 2 aromatic rings. The van der Waals surface area contributed by atoms with Crippen molar-refractivity contribution in [3.8, 4) is 11.8 Å². The minimum absolute atomic E-state index is 0.0412. The Hall–Kier alpha value is -2.00. The molecule has 1 N–H and O–H groups in total.